The molecular weight excluding hydrogens is 162 g/mol. The maximum Gasteiger partial charge on any atom is 0.0747 e. The van der Waals surface area contributed by atoms with Crippen molar-refractivity contribution in [1.82, 2.24) is 4.90 Å². The summed E-state index contributed by atoms with van der Waals surface area (Å²) in [6.07, 6.45) is 4.67. The molecule has 0 aromatic heterocycles. The summed E-state index contributed by atoms with van der Waals surface area (Å²) < 4.78 is 5.89. The van der Waals surface area contributed by atoms with E-state index < -0.39 is 0 Å². The monoisotopic (exact) mass is 181 g/mol. The summed E-state index contributed by atoms with van der Waals surface area (Å²) in [4.78, 5) is 2.67. The third-order valence-electron chi connectivity index (χ3n) is 3.87. The second-order valence-corrected chi connectivity index (χ2v) is 5.42. The summed E-state index contributed by atoms with van der Waals surface area (Å²) in [6, 6.07) is 1.47. The maximum atomic E-state index is 5.89. The molecule has 13 heavy (non-hydrogen) atoms. The van der Waals surface area contributed by atoms with Crippen LogP contribution in [0.2, 0.25) is 0 Å². The molecular formula is C11H19NO. The largest absolute Gasteiger partial charge is 0.376 e. The molecule has 0 bridgehead atoms. The first-order valence-electron chi connectivity index (χ1n) is 5.58. The molecule has 0 aromatic carbocycles. The lowest BCUT2D eigenvalue weighted by molar-refractivity contribution is 0.0884. The highest BCUT2D eigenvalue weighted by Crippen LogP contribution is 2.51. The molecule has 0 radical (unpaired) electrons. The predicted molar refractivity (Wildman–Crippen MR) is 51.7 cm³/mol. The Balaban J connectivity index is 1.76. The first-order chi connectivity index (χ1) is 6.20. The van der Waals surface area contributed by atoms with Crippen molar-refractivity contribution in [3.63, 3.8) is 0 Å². The Labute approximate surface area is 80.2 Å². The molecule has 3 aliphatic rings. The highest BCUT2D eigenvalue weighted by molar-refractivity contribution is 5.06. The number of ether oxygens (including phenoxy) is 1. The zero-order valence-electron chi connectivity index (χ0n) is 8.62. The van der Waals surface area contributed by atoms with Crippen LogP contribution in [0.5, 0.6) is 0 Å². The van der Waals surface area contributed by atoms with E-state index in [1.54, 1.807) is 0 Å². The van der Waals surface area contributed by atoms with Gasteiger partial charge in [-0.1, -0.05) is 0 Å². The Morgan fingerprint density at radius 1 is 1.38 bits per heavy atom. The molecule has 2 heteroatoms. The van der Waals surface area contributed by atoms with Crippen molar-refractivity contribution in [3.8, 4) is 0 Å². The summed E-state index contributed by atoms with van der Waals surface area (Å²) >= 11 is 0. The van der Waals surface area contributed by atoms with Gasteiger partial charge in [-0.15, -0.1) is 0 Å². The Morgan fingerprint density at radius 2 is 2.15 bits per heavy atom. The minimum absolute atomic E-state index is 0.581. The second kappa shape index (κ2) is 2.48. The molecule has 2 atom stereocenters. The van der Waals surface area contributed by atoms with E-state index in [0.717, 1.165) is 12.6 Å². The van der Waals surface area contributed by atoms with E-state index in [1.807, 2.05) is 0 Å². The van der Waals surface area contributed by atoms with Gasteiger partial charge in [0, 0.05) is 24.0 Å². The molecule has 1 saturated heterocycles. The zero-order valence-corrected chi connectivity index (χ0v) is 8.62. The van der Waals surface area contributed by atoms with Gasteiger partial charge in [-0.2, -0.15) is 0 Å². The summed E-state index contributed by atoms with van der Waals surface area (Å²) in [6.45, 7) is 6.97. The van der Waals surface area contributed by atoms with E-state index in [9.17, 15) is 0 Å². The first kappa shape index (κ1) is 8.25. The van der Waals surface area contributed by atoms with Crippen LogP contribution in [0.15, 0.2) is 0 Å². The molecule has 2 saturated carbocycles. The molecule has 3 fully saturated rings. The van der Waals surface area contributed by atoms with Gasteiger partial charge in [0.2, 0.25) is 0 Å². The van der Waals surface area contributed by atoms with E-state index >= 15 is 0 Å². The van der Waals surface area contributed by atoms with Gasteiger partial charge in [-0.25, -0.2) is 0 Å². The molecule has 2 unspecified atom stereocenters. The normalized spacial score (nSPS) is 41.8. The topological polar surface area (TPSA) is 12.5 Å². The lowest BCUT2D eigenvalue weighted by Gasteiger charge is -2.28. The lowest BCUT2D eigenvalue weighted by atomic mass is 10.1. The van der Waals surface area contributed by atoms with Crippen molar-refractivity contribution in [2.45, 2.75) is 51.3 Å². The van der Waals surface area contributed by atoms with Crippen LogP contribution in [-0.2, 0) is 4.74 Å². The molecule has 2 aliphatic carbocycles. The minimum Gasteiger partial charge on any atom is -0.376 e. The molecule has 0 aromatic rings. The van der Waals surface area contributed by atoms with Gasteiger partial charge in [0.1, 0.15) is 0 Å². The summed E-state index contributed by atoms with van der Waals surface area (Å²) in [5.74, 6) is 0. The number of rotatable bonds is 1. The second-order valence-electron chi connectivity index (χ2n) is 5.42. The maximum absolute atomic E-state index is 5.89. The molecule has 0 N–H and O–H groups in total. The molecule has 1 spiro atoms. The summed E-state index contributed by atoms with van der Waals surface area (Å²) in [5, 5.41) is 0. The molecule has 1 aliphatic heterocycles. The van der Waals surface area contributed by atoms with Crippen LogP contribution in [0, 0.1) is 5.41 Å². The van der Waals surface area contributed by atoms with Crippen molar-refractivity contribution in [2.24, 2.45) is 5.41 Å². The van der Waals surface area contributed by atoms with E-state index in [2.05, 4.69) is 18.7 Å². The highest BCUT2D eigenvalue weighted by atomic mass is 16.5. The van der Waals surface area contributed by atoms with Crippen LogP contribution in [0.1, 0.15) is 33.1 Å². The van der Waals surface area contributed by atoms with Crippen molar-refractivity contribution in [3.05, 3.63) is 0 Å². The van der Waals surface area contributed by atoms with Crippen LogP contribution in [0.25, 0.3) is 0 Å². The molecule has 0 amide bonds. The van der Waals surface area contributed by atoms with Crippen LogP contribution in [0.4, 0.5) is 0 Å². The fraction of sp³-hybridized carbons (Fsp3) is 1.00. The van der Waals surface area contributed by atoms with Gasteiger partial charge in [-0.05, 0) is 33.1 Å². The fourth-order valence-corrected chi connectivity index (χ4v) is 2.57. The third kappa shape index (κ3) is 1.31. The lowest BCUT2D eigenvalue weighted by Crippen LogP contribution is -2.38. The average molecular weight is 181 g/mol. The van der Waals surface area contributed by atoms with E-state index in [-0.39, 0.29) is 0 Å². The molecule has 2 nitrogen and oxygen atoms in total. The van der Waals surface area contributed by atoms with Crippen LogP contribution < -0.4 is 0 Å². The van der Waals surface area contributed by atoms with E-state index in [0.29, 0.717) is 17.6 Å². The Bertz CT molecular complexity index is 222. The third-order valence-corrected chi connectivity index (χ3v) is 3.87. The first-order valence-corrected chi connectivity index (χ1v) is 5.58. The predicted octanol–water partition coefficient (Wildman–Crippen LogP) is 1.65. The Morgan fingerprint density at radius 3 is 2.77 bits per heavy atom. The van der Waals surface area contributed by atoms with Crippen molar-refractivity contribution in [2.75, 3.05) is 13.2 Å². The Hall–Kier alpha value is -0.0800. The zero-order chi connectivity index (χ0) is 9.05. The SMILES string of the molecule is CC(C)N1CC2(CC2)COC2CC21. The van der Waals surface area contributed by atoms with Crippen LogP contribution in [-0.4, -0.2) is 36.2 Å². The minimum atomic E-state index is 0.581. The van der Waals surface area contributed by atoms with Gasteiger partial charge in [0.15, 0.2) is 0 Å². The van der Waals surface area contributed by atoms with E-state index in [4.69, 9.17) is 4.74 Å². The quantitative estimate of drug-likeness (QED) is 0.610. The van der Waals surface area contributed by atoms with Gasteiger partial charge in [0.25, 0.3) is 0 Å². The van der Waals surface area contributed by atoms with Crippen molar-refractivity contribution < 1.29 is 4.74 Å². The van der Waals surface area contributed by atoms with Crippen LogP contribution in [0.3, 0.4) is 0 Å². The fourth-order valence-electron chi connectivity index (χ4n) is 2.57. The number of hydrogen-bond donors (Lipinski definition) is 0. The van der Waals surface area contributed by atoms with Gasteiger partial charge in [-0.3, -0.25) is 4.90 Å². The average Bonchev–Trinajstić information content (AvgIpc) is 2.95. The highest BCUT2D eigenvalue weighted by Gasteiger charge is 2.54. The summed E-state index contributed by atoms with van der Waals surface area (Å²) in [5.41, 5.74) is 0.581. The van der Waals surface area contributed by atoms with Crippen molar-refractivity contribution >= 4 is 0 Å². The number of fused-ring (bicyclic) bond motifs is 1. The van der Waals surface area contributed by atoms with Crippen LogP contribution >= 0.6 is 0 Å². The Kier molecular flexibility index (Phi) is 1.58. The standard InChI is InChI=1S/C11H19NO/c1-8(2)12-6-11(3-4-11)7-13-10-5-9(10)12/h8-10H,3-7H2,1-2H3. The molecule has 74 valence electrons. The molecule has 3 rings (SSSR count). The number of hydrogen-bond acceptors (Lipinski definition) is 2. The number of nitrogens with zero attached hydrogens (tertiary/aromatic N) is 1. The smallest absolute Gasteiger partial charge is 0.0747 e. The van der Waals surface area contributed by atoms with E-state index in [1.165, 1.54) is 25.8 Å². The van der Waals surface area contributed by atoms with Gasteiger partial charge >= 0.3 is 0 Å². The summed E-state index contributed by atoms with van der Waals surface area (Å²) in [7, 11) is 0. The molecule has 1 heterocycles. The van der Waals surface area contributed by atoms with Gasteiger partial charge in [0.05, 0.1) is 12.7 Å². The van der Waals surface area contributed by atoms with Gasteiger partial charge < -0.3 is 4.74 Å². The van der Waals surface area contributed by atoms with Crippen molar-refractivity contribution in [1.29, 1.82) is 0 Å².